The summed E-state index contributed by atoms with van der Waals surface area (Å²) in [5.41, 5.74) is -2.01. The first-order valence-corrected chi connectivity index (χ1v) is 10.2. The predicted molar refractivity (Wildman–Crippen MR) is 111 cm³/mol. The van der Waals surface area contributed by atoms with Crippen molar-refractivity contribution < 1.29 is 32.3 Å². The minimum atomic E-state index is -4.52. The smallest absolute Gasteiger partial charge is 0.416 e. The van der Waals surface area contributed by atoms with Gasteiger partial charge in [0, 0.05) is 25.2 Å². The molecule has 0 bridgehead atoms. The molecule has 0 N–H and O–H groups in total. The van der Waals surface area contributed by atoms with Crippen molar-refractivity contribution in [3.05, 3.63) is 65.7 Å². The largest absolute Gasteiger partial charge is 0.467 e. The summed E-state index contributed by atoms with van der Waals surface area (Å²) in [7, 11) is 1.10. The van der Waals surface area contributed by atoms with Gasteiger partial charge in [-0.1, -0.05) is 30.3 Å². The van der Waals surface area contributed by atoms with E-state index in [1.807, 2.05) is 0 Å². The second-order valence-electron chi connectivity index (χ2n) is 7.20. The summed E-state index contributed by atoms with van der Waals surface area (Å²) >= 11 is 5.77. The molecule has 1 atom stereocenters. The summed E-state index contributed by atoms with van der Waals surface area (Å²) < 4.78 is 43.6. The molecule has 1 saturated heterocycles. The second kappa shape index (κ2) is 9.20. The number of esters is 1. The van der Waals surface area contributed by atoms with Gasteiger partial charge < -0.3 is 14.5 Å². The molecule has 2 aromatic rings. The summed E-state index contributed by atoms with van der Waals surface area (Å²) in [4.78, 5) is 41.6. The molecule has 10 heteroatoms. The molecule has 0 aliphatic carbocycles. The zero-order chi connectivity index (χ0) is 23.5. The Morgan fingerprint density at radius 1 is 1.12 bits per heavy atom. The molecule has 2 aromatic carbocycles. The third-order valence-electron chi connectivity index (χ3n) is 5.39. The van der Waals surface area contributed by atoms with Gasteiger partial charge in [-0.25, -0.2) is 4.79 Å². The molecule has 0 saturated carbocycles. The fourth-order valence-corrected chi connectivity index (χ4v) is 3.91. The second-order valence-corrected chi connectivity index (χ2v) is 7.47. The van der Waals surface area contributed by atoms with Crippen molar-refractivity contribution >= 4 is 35.1 Å². The molecule has 0 radical (unpaired) electrons. The van der Waals surface area contributed by atoms with Gasteiger partial charge in [0.1, 0.15) is 5.88 Å². The highest BCUT2D eigenvalue weighted by Crippen LogP contribution is 2.36. The lowest BCUT2D eigenvalue weighted by molar-refractivity contribution is -0.165. The van der Waals surface area contributed by atoms with Crippen LogP contribution in [0.5, 0.6) is 0 Å². The standard InChI is InChI=1S/C22H20ClF3N2O4/c1-32-20(31)21(11-12-27(19(21)30)17-5-3-2-4-6-17)28(18(29)13-23)14-15-7-9-16(10-8-15)22(24,25)26/h2-10H,11-14H2,1H3. The fraction of sp³-hybridized carbons (Fsp3) is 0.318. The van der Waals surface area contributed by atoms with Crippen molar-refractivity contribution in [1.82, 2.24) is 4.90 Å². The Morgan fingerprint density at radius 2 is 1.75 bits per heavy atom. The summed E-state index contributed by atoms with van der Waals surface area (Å²) in [5.74, 6) is -2.86. The number of hydrogen-bond acceptors (Lipinski definition) is 4. The molecular weight excluding hydrogens is 449 g/mol. The highest BCUT2D eigenvalue weighted by molar-refractivity contribution is 6.28. The van der Waals surface area contributed by atoms with Crippen molar-refractivity contribution in [2.45, 2.75) is 24.7 Å². The van der Waals surface area contributed by atoms with Gasteiger partial charge in [0.05, 0.1) is 12.7 Å². The Bertz CT molecular complexity index is 998. The lowest BCUT2D eigenvalue weighted by Gasteiger charge is -2.37. The van der Waals surface area contributed by atoms with E-state index < -0.39 is 40.9 Å². The van der Waals surface area contributed by atoms with E-state index in [4.69, 9.17) is 16.3 Å². The Hall–Kier alpha value is -3.07. The summed E-state index contributed by atoms with van der Waals surface area (Å²) in [5, 5.41) is 0. The summed E-state index contributed by atoms with van der Waals surface area (Å²) in [6.07, 6.45) is -4.58. The molecule has 170 valence electrons. The van der Waals surface area contributed by atoms with E-state index >= 15 is 0 Å². The van der Waals surface area contributed by atoms with Crippen molar-refractivity contribution in [1.29, 1.82) is 0 Å². The Morgan fingerprint density at radius 3 is 2.28 bits per heavy atom. The normalized spacial score (nSPS) is 18.5. The molecule has 1 fully saturated rings. The zero-order valence-electron chi connectivity index (χ0n) is 17.1. The quantitative estimate of drug-likeness (QED) is 0.369. The van der Waals surface area contributed by atoms with Crippen molar-refractivity contribution in [3.8, 4) is 0 Å². The van der Waals surface area contributed by atoms with Gasteiger partial charge >= 0.3 is 12.1 Å². The lowest BCUT2D eigenvalue weighted by Crippen LogP contribution is -2.62. The van der Waals surface area contributed by atoms with Gasteiger partial charge in [0.2, 0.25) is 11.4 Å². The number of halogens is 4. The van der Waals surface area contributed by atoms with Gasteiger partial charge in [0.25, 0.3) is 5.91 Å². The number of para-hydroxylation sites is 1. The first kappa shape index (κ1) is 23.6. The average molecular weight is 469 g/mol. The molecule has 2 amide bonds. The number of rotatable bonds is 6. The van der Waals surface area contributed by atoms with Gasteiger partial charge in [-0.05, 0) is 29.8 Å². The number of benzene rings is 2. The highest BCUT2D eigenvalue weighted by Gasteiger charge is 2.59. The van der Waals surface area contributed by atoms with Crippen molar-refractivity contribution in [2.24, 2.45) is 0 Å². The number of hydrogen-bond donors (Lipinski definition) is 0. The van der Waals surface area contributed by atoms with Crippen LogP contribution in [0.25, 0.3) is 0 Å². The van der Waals surface area contributed by atoms with Gasteiger partial charge in [-0.15, -0.1) is 11.6 Å². The number of methoxy groups -OCH3 is 1. The number of ether oxygens (including phenoxy) is 1. The number of carbonyl (C=O) groups is 3. The molecular formula is C22H20ClF3N2O4. The maximum atomic E-state index is 13.5. The first-order chi connectivity index (χ1) is 15.1. The van der Waals surface area contributed by atoms with Crippen LogP contribution in [0.15, 0.2) is 54.6 Å². The maximum Gasteiger partial charge on any atom is 0.416 e. The van der Waals surface area contributed by atoms with Crippen LogP contribution in [-0.2, 0) is 31.8 Å². The average Bonchev–Trinajstić information content (AvgIpc) is 3.14. The number of alkyl halides is 4. The maximum absolute atomic E-state index is 13.5. The fourth-order valence-electron chi connectivity index (χ4n) is 3.77. The van der Waals surface area contributed by atoms with Gasteiger partial charge in [-0.2, -0.15) is 13.2 Å². The third kappa shape index (κ3) is 4.29. The number of anilines is 1. The minimum absolute atomic E-state index is 0.0589. The lowest BCUT2D eigenvalue weighted by atomic mass is 9.93. The molecule has 1 aliphatic rings. The van der Waals surface area contributed by atoms with Crippen LogP contribution >= 0.6 is 11.6 Å². The van der Waals surface area contributed by atoms with Crippen LogP contribution in [0.2, 0.25) is 0 Å². The topological polar surface area (TPSA) is 66.9 Å². The Labute approximate surface area is 187 Å². The zero-order valence-corrected chi connectivity index (χ0v) is 17.8. The monoisotopic (exact) mass is 468 g/mol. The van der Waals surface area contributed by atoms with E-state index in [1.54, 1.807) is 30.3 Å². The van der Waals surface area contributed by atoms with E-state index in [9.17, 15) is 27.6 Å². The van der Waals surface area contributed by atoms with Crippen LogP contribution in [-0.4, -0.2) is 47.8 Å². The van der Waals surface area contributed by atoms with E-state index in [1.165, 1.54) is 17.0 Å². The number of nitrogens with zero attached hydrogens (tertiary/aromatic N) is 2. The van der Waals surface area contributed by atoms with Crippen LogP contribution in [0, 0.1) is 0 Å². The number of amides is 2. The minimum Gasteiger partial charge on any atom is -0.467 e. The molecule has 0 aromatic heterocycles. The van der Waals surface area contributed by atoms with Gasteiger partial charge in [-0.3, -0.25) is 9.59 Å². The Kier molecular flexibility index (Phi) is 6.78. The first-order valence-electron chi connectivity index (χ1n) is 9.63. The van der Waals surface area contributed by atoms with E-state index in [-0.39, 0.29) is 19.5 Å². The van der Waals surface area contributed by atoms with E-state index in [0.717, 1.165) is 24.1 Å². The molecule has 6 nitrogen and oxygen atoms in total. The van der Waals surface area contributed by atoms with E-state index in [0.29, 0.717) is 11.3 Å². The van der Waals surface area contributed by atoms with Crippen LogP contribution in [0.3, 0.4) is 0 Å². The predicted octanol–water partition coefficient (Wildman–Crippen LogP) is 3.62. The Balaban J connectivity index is 2.01. The SMILES string of the molecule is COC(=O)C1(N(Cc2ccc(C(F)(F)F)cc2)C(=O)CCl)CCN(c2ccccc2)C1=O. The van der Waals surface area contributed by atoms with Crippen molar-refractivity contribution in [3.63, 3.8) is 0 Å². The third-order valence-corrected chi connectivity index (χ3v) is 5.61. The van der Waals surface area contributed by atoms with Crippen LogP contribution in [0.1, 0.15) is 17.5 Å². The van der Waals surface area contributed by atoms with Crippen LogP contribution in [0.4, 0.5) is 18.9 Å². The molecule has 1 aliphatic heterocycles. The van der Waals surface area contributed by atoms with Crippen molar-refractivity contribution in [2.75, 3.05) is 24.4 Å². The molecule has 0 spiro atoms. The molecule has 3 rings (SSSR count). The highest BCUT2D eigenvalue weighted by atomic mass is 35.5. The number of carbonyl (C=O) groups excluding carboxylic acids is 3. The molecule has 1 heterocycles. The summed E-state index contributed by atoms with van der Waals surface area (Å²) in [6, 6.07) is 12.7. The molecule has 1 unspecified atom stereocenters. The van der Waals surface area contributed by atoms with Gasteiger partial charge in [0.15, 0.2) is 0 Å². The van der Waals surface area contributed by atoms with E-state index in [2.05, 4.69) is 0 Å². The molecule has 32 heavy (non-hydrogen) atoms. The summed E-state index contributed by atoms with van der Waals surface area (Å²) in [6.45, 7) is -0.163. The van der Waals surface area contributed by atoms with Crippen LogP contribution < -0.4 is 4.90 Å².